The van der Waals surface area contributed by atoms with Crippen molar-refractivity contribution < 1.29 is 9.59 Å². The molecule has 4 unspecified atom stereocenters. The first-order chi connectivity index (χ1) is 15.8. The van der Waals surface area contributed by atoms with Crippen molar-refractivity contribution in [3.05, 3.63) is 42.0 Å². The second kappa shape index (κ2) is 8.01. The van der Waals surface area contributed by atoms with E-state index in [-0.39, 0.29) is 22.6 Å². The third-order valence-electron chi connectivity index (χ3n) is 10.0. The van der Waals surface area contributed by atoms with Crippen molar-refractivity contribution in [2.75, 3.05) is 12.4 Å². The molecule has 2 amide bonds. The van der Waals surface area contributed by atoms with Crippen LogP contribution in [0.1, 0.15) is 64.4 Å². The van der Waals surface area contributed by atoms with Gasteiger partial charge in [-0.1, -0.05) is 26.0 Å². The van der Waals surface area contributed by atoms with Crippen molar-refractivity contribution in [3.8, 4) is 6.07 Å². The van der Waals surface area contributed by atoms with E-state index in [1.165, 1.54) is 19.3 Å². The van der Waals surface area contributed by atoms with E-state index in [2.05, 4.69) is 31.3 Å². The van der Waals surface area contributed by atoms with Crippen molar-refractivity contribution in [2.24, 2.45) is 34.5 Å². The average Bonchev–Trinajstić information content (AvgIpc) is 3.13. The lowest BCUT2D eigenvalue weighted by atomic mass is 9.47. The predicted octanol–water partition coefficient (Wildman–Crippen LogP) is 5.14. The van der Waals surface area contributed by atoms with Gasteiger partial charge in [0.1, 0.15) is 0 Å². The fourth-order valence-corrected chi connectivity index (χ4v) is 8.28. The molecule has 1 N–H and O–H groups in total. The number of nitrogens with zero attached hydrogens (tertiary/aromatic N) is 2. The first-order valence-corrected chi connectivity index (χ1v) is 12.5. The molecule has 0 spiro atoms. The lowest BCUT2D eigenvalue weighted by Gasteiger charge is -2.60. The predicted molar refractivity (Wildman–Crippen MR) is 128 cm³/mol. The highest BCUT2D eigenvalue weighted by molar-refractivity contribution is 5.91. The molecule has 1 aromatic rings. The first-order valence-electron chi connectivity index (χ1n) is 12.5. The van der Waals surface area contributed by atoms with E-state index in [1.807, 2.05) is 24.1 Å². The summed E-state index contributed by atoms with van der Waals surface area (Å²) in [7, 11) is 1.97. The van der Waals surface area contributed by atoms with Crippen molar-refractivity contribution in [3.63, 3.8) is 0 Å². The molecule has 1 heterocycles. The molecule has 33 heavy (non-hydrogen) atoms. The smallest absolute Gasteiger partial charge is 0.246 e. The Morgan fingerprint density at radius 2 is 2.00 bits per heavy atom. The third kappa shape index (κ3) is 3.50. The van der Waals surface area contributed by atoms with Crippen LogP contribution in [0.3, 0.4) is 0 Å². The van der Waals surface area contributed by atoms with Crippen LogP contribution in [0.2, 0.25) is 0 Å². The van der Waals surface area contributed by atoms with Crippen molar-refractivity contribution in [1.29, 1.82) is 5.26 Å². The Bertz CT molecular complexity index is 1040. The van der Waals surface area contributed by atoms with Gasteiger partial charge >= 0.3 is 0 Å². The number of likely N-dealkylation sites (N-methyl/N-ethyl adjacent to an activating group) is 1. The Kier molecular flexibility index (Phi) is 5.39. The minimum Gasteiger partial charge on any atom is -0.338 e. The molecule has 0 bridgehead atoms. The number of carbonyl (C=O) groups is 2. The maximum Gasteiger partial charge on any atom is 0.246 e. The van der Waals surface area contributed by atoms with Gasteiger partial charge in [0.15, 0.2) is 0 Å². The summed E-state index contributed by atoms with van der Waals surface area (Å²) >= 11 is 0. The molecule has 1 aliphatic heterocycles. The zero-order valence-electron chi connectivity index (χ0n) is 20.0. The largest absolute Gasteiger partial charge is 0.338 e. The van der Waals surface area contributed by atoms with E-state index >= 15 is 0 Å². The molecule has 4 aliphatic rings. The monoisotopic (exact) mass is 445 g/mol. The van der Waals surface area contributed by atoms with Gasteiger partial charge < -0.3 is 10.2 Å². The minimum absolute atomic E-state index is 0.0603. The summed E-state index contributed by atoms with van der Waals surface area (Å²) in [4.78, 5) is 27.2. The number of nitriles is 1. The van der Waals surface area contributed by atoms with Crippen molar-refractivity contribution >= 4 is 17.5 Å². The number of rotatable bonds is 3. The fraction of sp³-hybridized carbons (Fsp3) is 0.607. The second-order valence-corrected chi connectivity index (χ2v) is 11.4. The van der Waals surface area contributed by atoms with Gasteiger partial charge in [0.05, 0.1) is 11.6 Å². The number of carbonyl (C=O) groups excluding carboxylic acids is 2. The number of anilines is 1. The molecule has 7 atom stereocenters. The van der Waals surface area contributed by atoms with Crippen LogP contribution < -0.4 is 5.32 Å². The zero-order valence-corrected chi connectivity index (χ0v) is 20.0. The minimum atomic E-state index is 0.0603. The van der Waals surface area contributed by atoms with Crippen LogP contribution in [0, 0.1) is 45.8 Å². The van der Waals surface area contributed by atoms with Crippen LogP contribution in [-0.4, -0.2) is 29.8 Å². The van der Waals surface area contributed by atoms with Crippen LogP contribution >= 0.6 is 0 Å². The summed E-state index contributed by atoms with van der Waals surface area (Å²) in [6.45, 7) is 4.82. The molecular formula is C28H35N3O2. The summed E-state index contributed by atoms with van der Waals surface area (Å²) < 4.78 is 0. The van der Waals surface area contributed by atoms with Crippen LogP contribution in [0.4, 0.5) is 5.69 Å². The van der Waals surface area contributed by atoms with Crippen LogP contribution in [0.25, 0.3) is 0 Å². The SMILES string of the molecule is CN1C(=O)C=C[C@]2(C)C3CC[C@@]4(C)C(CC[C@@H]4CC(=O)Nc4cccc(C#N)c4)C3CCC12. The number of fused-ring (bicyclic) bond motifs is 5. The molecule has 3 aliphatic carbocycles. The van der Waals surface area contributed by atoms with Gasteiger partial charge in [0.2, 0.25) is 11.8 Å². The quantitative estimate of drug-likeness (QED) is 0.700. The van der Waals surface area contributed by atoms with Gasteiger partial charge in [-0.25, -0.2) is 0 Å². The Hall–Kier alpha value is -2.61. The molecule has 0 saturated heterocycles. The number of benzene rings is 1. The average molecular weight is 446 g/mol. The highest BCUT2D eigenvalue weighted by Crippen LogP contribution is 2.65. The van der Waals surface area contributed by atoms with E-state index in [9.17, 15) is 9.59 Å². The lowest BCUT2D eigenvalue weighted by Crippen LogP contribution is -2.59. The summed E-state index contributed by atoms with van der Waals surface area (Å²) in [5.74, 6) is 2.55. The molecule has 5 nitrogen and oxygen atoms in total. The Balaban J connectivity index is 1.31. The molecule has 0 radical (unpaired) electrons. The summed E-state index contributed by atoms with van der Waals surface area (Å²) in [5, 5.41) is 12.1. The molecule has 5 heteroatoms. The maximum absolute atomic E-state index is 12.9. The van der Waals surface area contributed by atoms with E-state index in [0.29, 0.717) is 47.4 Å². The zero-order chi connectivity index (χ0) is 23.4. The van der Waals surface area contributed by atoms with E-state index in [0.717, 1.165) is 19.3 Å². The van der Waals surface area contributed by atoms with Crippen molar-refractivity contribution in [1.82, 2.24) is 4.90 Å². The van der Waals surface area contributed by atoms with Gasteiger partial charge in [-0.05, 0) is 91.9 Å². The first kappa shape index (κ1) is 22.2. The molecule has 1 aromatic carbocycles. The van der Waals surface area contributed by atoms with E-state index in [1.54, 1.807) is 18.2 Å². The highest BCUT2D eigenvalue weighted by atomic mass is 16.2. The van der Waals surface area contributed by atoms with Gasteiger partial charge in [0.25, 0.3) is 0 Å². The van der Waals surface area contributed by atoms with Gasteiger partial charge in [0, 0.05) is 30.6 Å². The molecular weight excluding hydrogens is 410 g/mol. The third-order valence-corrected chi connectivity index (χ3v) is 10.0. The van der Waals surface area contributed by atoms with E-state index in [4.69, 9.17) is 5.26 Å². The topological polar surface area (TPSA) is 73.2 Å². The molecule has 5 rings (SSSR count). The number of amides is 2. The number of nitrogens with one attached hydrogen (secondary N) is 1. The fourth-order valence-electron chi connectivity index (χ4n) is 8.28. The Morgan fingerprint density at radius 1 is 1.18 bits per heavy atom. The summed E-state index contributed by atoms with van der Waals surface area (Å²) in [6.07, 6.45) is 11.5. The second-order valence-electron chi connectivity index (χ2n) is 11.4. The molecule has 3 saturated carbocycles. The Morgan fingerprint density at radius 3 is 2.79 bits per heavy atom. The standard InChI is InChI=1S/C28H35N3O2/c1-27-13-11-23-21(8-10-24-28(23,2)14-12-26(33)31(24)3)22(27)9-7-19(27)16-25(32)30-20-6-4-5-18(15-20)17-29/h4-6,12,14-15,19,21-24H,7-11,13,16H2,1-3H3,(H,30,32)/t19-,21?,22?,23?,24?,27-,28-/m1/s1. The summed E-state index contributed by atoms with van der Waals surface area (Å²) in [5.41, 5.74) is 1.54. The van der Waals surface area contributed by atoms with Crippen LogP contribution in [0.5, 0.6) is 0 Å². The van der Waals surface area contributed by atoms with Gasteiger partial charge in [-0.3, -0.25) is 9.59 Å². The van der Waals surface area contributed by atoms with Gasteiger partial charge in [-0.15, -0.1) is 0 Å². The van der Waals surface area contributed by atoms with Crippen LogP contribution in [0.15, 0.2) is 36.4 Å². The molecule has 3 fully saturated rings. The molecule has 174 valence electrons. The van der Waals surface area contributed by atoms with Crippen molar-refractivity contribution in [2.45, 2.75) is 64.8 Å². The highest BCUT2D eigenvalue weighted by Gasteiger charge is 2.60. The maximum atomic E-state index is 12.9. The number of hydrogen-bond acceptors (Lipinski definition) is 3. The van der Waals surface area contributed by atoms with Crippen LogP contribution in [-0.2, 0) is 9.59 Å². The molecule has 0 aromatic heterocycles. The lowest BCUT2D eigenvalue weighted by molar-refractivity contribution is -0.139. The Labute approximate surface area is 197 Å². The van der Waals surface area contributed by atoms with Gasteiger partial charge in [-0.2, -0.15) is 5.26 Å². The summed E-state index contributed by atoms with van der Waals surface area (Å²) in [6, 6.07) is 9.59. The number of hydrogen-bond donors (Lipinski definition) is 1. The van der Waals surface area contributed by atoms with E-state index < -0.39 is 0 Å². The normalized spacial score (nSPS) is 39.3.